The van der Waals surface area contributed by atoms with Crippen LogP contribution in [0.1, 0.15) is 33.7 Å². The summed E-state index contributed by atoms with van der Waals surface area (Å²) < 4.78 is 38.7. The van der Waals surface area contributed by atoms with Gasteiger partial charge in [-0.05, 0) is 62.5 Å². The van der Waals surface area contributed by atoms with Crippen LogP contribution in [0.3, 0.4) is 0 Å². The lowest BCUT2D eigenvalue weighted by atomic mass is 10.0. The van der Waals surface area contributed by atoms with Crippen LogP contribution in [0.15, 0.2) is 23.7 Å². The zero-order valence-corrected chi connectivity index (χ0v) is 15.9. The molecule has 2 heterocycles. The largest absolute Gasteiger partial charge is 0.416 e. The first-order valence-electron chi connectivity index (χ1n) is 8.81. The van der Waals surface area contributed by atoms with Crippen LogP contribution >= 0.6 is 11.3 Å². The molecule has 26 heavy (non-hydrogen) atoms. The van der Waals surface area contributed by atoms with Gasteiger partial charge in [-0.1, -0.05) is 6.07 Å². The Morgan fingerprint density at radius 3 is 2.65 bits per heavy atom. The SMILES string of the molecule is Cc1cc(C(F)(F)F)ccc1CN(Cc1scnc1C)CC1CCNC1. The van der Waals surface area contributed by atoms with Crippen molar-refractivity contribution in [2.75, 3.05) is 19.6 Å². The fourth-order valence-corrected chi connectivity index (χ4v) is 4.21. The van der Waals surface area contributed by atoms with E-state index in [-0.39, 0.29) is 0 Å². The van der Waals surface area contributed by atoms with E-state index in [2.05, 4.69) is 15.2 Å². The molecule has 0 bridgehead atoms. The fraction of sp³-hybridized carbons (Fsp3) is 0.526. The maximum atomic E-state index is 12.9. The number of benzene rings is 1. The number of nitrogens with one attached hydrogen (secondary N) is 1. The second kappa shape index (κ2) is 8.06. The Balaban J connectivity index is 1.77. The molecule has 1 saturated heterocycles. The van der Waals surface area contributed by atoms with Gasteiger partial charge in [0.1, 0.15) is 0 Å². The van der Waals surface area contributed by atoms with E-state index in [0.29, 0.717) is 18.0 Å². The van der Waals surface area contributed by atoms with Crippen molar-refractivity contribution in [2.45, 2.75) is 39.5 Å². The minimum atomic E-state index is -4.29. The predicted octanol–water partition coefficient (Wildman–Crippen LogP) is 4.39. The van der Waals surface area contributed by atoms with Crippen molar-refractivity contribution in [1.82, 2.24) is 15.2 Å². The summed E-state index contributed by atoms with van der Waals surface area (Å²) >= 11 is 1.64. The molecule has 142 valence electrons. The van der Waals surface area contributed by atoms with Gasteiger partial charge in [0, 0.05) is 24.5 Å². The summed E-state index contributed by atoms with van der Waals surface area (Å²) in [6.07, 6.45) is -3.15. The normalized spacial score (nSPS) is 18.0. The van der Waals surface area contributed by atoms with E-state index in [1.54, 1.807) is 24.3 Å². The molecule has 0 amide bonds. The van der Waals surface area contributed by atoms with Crippen molar-refractivity contribution >= 4 is 11.3 Å². The van der Waals surface area contributed by atoms with Crippen molar-refractivity contribution in [1.29, 1.82) is 0 Å². The number of aromatic nitrogens is 1. The second-order valence-electron chi connectivity index (χ2n) is 7.03. The Hall–Kier alpha value is -1.44. The summed E-state index contributed by atoms with van der Waals surface area (Å²) in [6.45, 7) is 8.18. The number of hydrogen-bond acceptors (Lipinski definition) is 4. The highest BCUT2D eigenvalue weighted by atomic mass is 32.1. The smallest absolute Gasteiger partial charge is 0.316 e. The number of nitrogens with zero attached hydrogens (tertiary/aromatic N) is 2. The maximum Gasteiger partial charge on any atom is 0.416 e. The minimum absolute atomic E-state index is 0.580. The van der Waals surface area contributed by atoms with Gasteiger partial charge in [-0.25, -0.2) is 4.98 Å². The molecule has 2 aromatic rings. The minimum Gasteiger partial charge on any atom is -0.316 e. The molecule has 0 spiro atoms. The van der Waals surface area contributed by atoms with E-state index in [9.17, 15) is 13.2 Å². The lowest BCUT2D eigenvalue weighted by Crippen LogP contribution is -2.30. The molecule has 3 nitrogen and oxygen atoms in total. The number of rotatable bonds is 6. The lowest BCUT2D eigenvalue weighted by Gasteiger charge is -2.26. The molecule has 1 N–H and O–H groups in total. The van der Waals surface area contributed by atoms with E-state index in [1.807, 2.05) is 12.4 Å². The Bertz CT molecular complexity index is 736. The zero-order valence-electron chi connectivity index (χ0n) is 15.1. The zero-order chi connectivity index (χ0) is 18.7. The van der Waals surface area contributed by atoms with Gasteiger partial charge in [-0.15, -0.1) is 11.3 Å². The quantitative estimate of drug-likeness (QED) is 0.802. The van der Waals surface area contributed by atoms with Crippen molar-refractivity contribution in [3.8, 4) is 0 Å². The predicted molar refractivity (Wildman–Crippen MR) is 98.1 cm³/mol. The van der Waals surface area contributed by atoms with E-state index in [1.165, 1.54) is 17.0 Å². The summed E-state index contributed by atoms with van der Waals surface area (Å²) in [6, 6.07) is 4.07. The Kier molecular flexibility index (Phi) is 5.99. The third kappa shape index (κ3) is 4.84. The van der Waals surface area contributed by atoms with Crippen LogP contribution in [-0.2, 0) is 19.3 Å². The van der Waals surface area contributed by atoms with Gasteiger partial charge < -0.3 is 5.32 Å². The summed E-state index contributed by atoms with van der Waals surface area (Å²) in [5, 5.41) is 3.39. The molecule has 1 unspecified atom stereocenters. The van der Waals surface area contributed by atoms with E-state index in [0.717, 1.165) is 43.9 Å². The molecule has 1 aromatic carbocycles. The van der Waals surface area contributed by atoms with Gasteiger partial charge in [0.2, 0.25) is 0 Å². The average Bonchev–Trinajstić information content (AvgIpc) is 3.21. The topological polar surface area (TPSA) is 28.2 Å². The number of halogens is 3. The Morgan fingerprint density at radius 2 is 2.08 bits per heavy atom. The van der Waals surface area contributed by atoms with E-state index in [4.69, 9.17) is 0 Å². The van der Waals surface area contributed by atoms with Crippen LogP contribution in [-0.4, -0.2) is 29.5 Å². The number of hydrogen-bond donors (Lipinski definition) is 1. The molecule has 1 fully saturated rings. The molecule has 1 aromatic heterocycles. The van der Waals surface area contributed by atoms with Crippen LogP contribution in [0.4, 0.5) is 13.2 Å². The summed E-state index contributed by atoms with van der Waals surface area (Å²) in [5.41, 5.74) is 3.95. The standard InChI is InChI=1S/C19H24F3N3S/c1-13-7-17(19(20,21)22)4-3-16(13)10-25(9-15-5-6-23-8-15)11-18-14(2)24-12-26-18/h3-4,7,12,15,23H,5-6,8-11H2,1-2H3. The molecule has 7 heteroatoms. The molecule has 0 saturated carbocycles. The van der Waals surface area contributed by atoms with Gasteiger partial charge in [-0.2, -0.15) is 13.2 Å². The molecule has 1 atom stereocenters. The van der Waals surface area contributed by atoms with E-state index < -0.39 is 11.7 Å². The van der Waals surface area contributed by atoms with Crippen molar-refractivity contribution in [3.05, 3.63) is 51.0 Å². The first kappa shape index (κ1) is 19.3. The maximum absolute atomic E-state index is 12.9. The van der Waals surface area contributed by atoms with Gasteiger partial charge in [0.25, 0.3) is 0 Å². The molecule has 0 radical (unpaired) electrons. The van der Waals surface area contributed by atoms with Crippen molar-refractivity contribution in [2.24, 2.45) is 5.92 Å². The number of aryl methyl sites for hydroxylation is 2. The molecule has 3 rings (SSSR count). The first-order valence-corrected chi connectivity index (χ1v) is 9.69. The highest BCUT2D eigenvalue weighted by Gasteiger charge is 2.30. The van der Waals surface area contributed by atoms with Crippen LogP contribution in [0.25, 0.3) is 0 Å². The fourth-order valence-electron chi connectivity index (χ4n) is 3.39. The highest BCUT2D eigenvalue weighted by Crippen LogP contribution is 2.31. The van der Waals surface area contributed by atoms with Gasteiger partial charge in [0.05, 0.1) is 16.8 Å². The van der Waals surface area contributed by atoms with Crippen molar-refractivity contribution in [3.63, 3.8) is 0 Å². The lowest BCUT2D eigenvalue weighted by molar-refractivity contribution is -0.137. The Morgan fingerprint density at radius 1 is 1.27 bits per heavy atom. The van der Waals surface area contributed by atoms with Crippen LogP contribution in [0.2, 0.25) is 0 Å². The molecular formula is C19H24F3N3S. The number of thiazole rings is 1. The molecule has 1 aliphatic rings. The van der Waals surface area contributed by atoms with Crippen LogP contribution in [0.5, 0.6) is 0 Å². The first-order chi connectivity index (χ1) is 12.3. The second-order valence-corrected chi connectivity index (χ2v) is 7.97. The number of alkyl halides is 3. The third-order valence-electron chi connectivity index (χ3n) is 4.95. The van der Waals surface area contributed by atoms with Gasteiger partial charge in [0.15, 0.2) is 0 Å². The monoisotopic (exact) mass is 383 g/mol. The van der Waals surface area contributed by atoms with Gasteiger partial charge >= 0.3 is 6.18 Å². The van der Waals surface area contributed by atoms with Gasteiger partial charge in [-0.3, -0.25) is 4.90 Å². The molecular weight excluding hydrogens is 359 g/mol. The van der Waals surface area contributed by atoms with Crippen LogP contribution < -0.4 is 5.32 Å². The van der Waals surface area contributed by atoms with Crippen LogP contribution in [0, 0.1) is 19.8 Å². The molecule has 1 aliphatic heterocycles. The molecule has 0 aliphatic carbocycles. The summed E-state index contributed by atoms with van der Waals surface area (Å²) in [7, 11) is 0. The van der Waals surface area contributed by atoms with Crippen molar-refractivity contribution < 1.29 is 13.2 Å². The summed E-state index contributed by atoms with van der Waals surface area (Å²) in [5.74, 6) is 0.581. The summed E-state index contributed by atoms with van der Waals surface area (Å²) in [4.78, 5) is 7.88. The Labute approximate surface area is 156 Å². The highest BCUT2D eigenvalue weighted by molar-refractivity contribution is 7.09. The average molecular weight is 383 g/mol. The van der Waals surface area contributed by atoms with E-state index >= 15 is 0 Å². The third-order valence-corrected chi connectivity index (χ3v) is 5.87.